The molecule has 0 radical (unpaired) electrons. The van der Waals surface area contributed by atoms with Gasteiger partial charge in [-0.2, -0.15) is 5.26 Å². The highest BCUT2D eigenvalue weighted by atomic mass is 16.5. The summed E-state index contributed by atoms with van der Waals surface area (Å²) in [7, 11) is 1.34. The number of nitriles is 1. The zero-order valence-electron chi connectivity index (χ0n) is 18.5. The Bertz CT molecular complexity index is 936. The van der Waals surface area contributed by atoms with Crippen LogP contribution >= 0.6 is 0 Å². The van der Waals surface area contributed by atoms with Crippen molar-refractivity contribution in [1.82, 2.24) is 0 Å². The van der Waals surface area contributed by atoms with Crippen LogP contribution in [0.1, 0.15) is 55.6 Å². The van der Waals surface area contributed by atoms with Gasteiger partial charge in [0.2, 0.25) is 0 Å². The van der Waals surface area contributed by atoms with Crippen LogP contribution in [0.25, 0.3) is 5.57 Å². The van der Waals surface area contributed by atoms with E-state index in [0.29, 0.717) is 29.1 Å². The molecule has 0 aliphatic carbocycles. The number of hydrogen-bond donors (Lipinski definition) is 2. The molecule has 0 heterocycles. The molecule has 3 N–H and O–H groups in total. The molecule has 0 atom stereocenters. The molecule has 0 fully saturated rings. The molecule has 2 rings (SSSR count). The van der Waals surface area contributed by atoms with Crippen LogP contribution in [0.2, 0.25) is 0 Å². The Morgan fingerprint density at radius 1 is 1.20 bits per heavy atom. The van der Waals surface area contributed by atoms with E-state index in [2.05, 4.69) is 17.5 Å². The molecule has 5 heteroatoms. The van der Waals surface area contributed by atoms with Crippen molar-refractivity contribution < 1.29 is 9.53 Å². The molecule has 2 aromatic carbocycles. The zero-order chi connectivity index (χ0) is 22.5. The smallest absolute Gasteiger partial charge is 0.340 e. The summed E-state index contributed by atoms with van der Waals surface area (Å²) in [5.41, 5.74) is 11.1. The maximum atomic E-state index is 11.9. The number of ether oxygens (including phenoxy) is 1. The fourth-order valence-corrected chi connectivity index (χ4v) is 2.91. The van der Waals surface area contributed by atoms with Gasteiger partial charge in [0.1, 0.15) is 0 Å². The van der Waals surface area contributed by atoms with Crippen molar-refractivity contribution in [2.75, 3.05) is 18.2 Å². The van der Waals surface area contributed by atoms with Gasteiger partial charge in [0.15, 0.2) is 0 Å². The number of carbonyl (C=O) groups is 1. The lowest BCUT2D eigenvalue weighted by atomic mass is 9.96. The average Bonchev–Trinajstić information content (AvgIpc) is 2.79. The highest BCUT2D eigenvalue weighted by Gasteiger charge is 2.14. The molecule has 0 aliphatic heterocycles. The average molecular weight is 406 g/mol. The summed E-state index contributed by atoms with van der Waals surface area (Å²) in [5.74, 6) is -0.435. The number of nitrogen functional groups attached to an aromatic ring is 1. The Morgan fingerprint density at radius 3 is 2.40 bits per heavy atom. The number of esters is 1. The van der Waals surface area contributed by atoms with Gasteiger partial charge >= 0.3 is 5.97 Å². The second-order valence-corrected chi connectivity index (χ2v) is 6.15. The maximum absolute atomic E-state index is 11.9. The van der Waals surface area contributed by atoms with E-state index in [1.165, 1.54) is 7.11 Å². The minimum absolute atomic E-state index is 0.402. The number of hydrogen-bond acceptors (Lipinski definition) is 5. The first-order chi connectivity index (χ1) is 14.5. The third-order valence-corrected chi connectivity index (χ3v) is 4.34. The predicted octanol–water partition coefficient (Wildman–Crippen LogP) is 5.96. The van der Waals surface area contributed by atoms with Crippen molar-refractivity contribution >= 4 is 22.9 Å². The van der Waals surface area contributed by atoms with E-state index >= 15 is 0 Å². The van der Waals surface area contributed by atoms with Gasteiger partial charge in [-0.3, -0.25) is 0 Å². The highest BCUT2D eigenvalue weighted by molar-refractivity contribution is 5.98. The van der Waals surface area contributed by atoms with Crippen molar-refractivity contribution in [2.45, 2.75) is 40.7 Å². The molecule has 0 unspecified atom stereocenters. The SMILES string of the molecule is C/C=C(C#N)\C(=C/CC)c1ccc(CNc2c(N)cccc2C(=O)OC)cc1.CC. The summed E-state index contributed by atoms with van der Waals surface area (Å²) >= 11 is 0. The zero-order valence-corrected chi connectivity index (χ0v) is 18.5. The lowest BCUT2D eigenvalue weighted by Gasteiger charge is -2.14. The van der Waals surface area contributed by atoms with Gasteiger partial charge in [-0.15, -0.1) is 0 Å². The Hall–Kier alpha value is -3.52. The van der Waals surface area contributed by atoms with Gasteiger partial charge in [0.25, 0.3) is 0 Å². The normalized spacial score (nSPS) is 11.1. The van der Waals surface area contributed by atoms with Gasteiger partial charge in [-0.1, -0.05) is 63.3 Å². The molecule has 2 aromatic rings. The van der Waals surface area contributed by atoms with Crippen molar-refractivity contribution in [3.05, 3.63) is 76.9 Å². The number of nitrogens with two attached hydrogens (primary N) is 1. The number of methoxy groups -OCH3 is 1. The Balaban J connectivity index is 0.00000218. The van der Waals surface area contributed by atoms with E-state index in [1.54, 1.807) is 18.2 Å². The van der Waals surface area contributed by atoms with Gasteiger partial charge in [-0.25, -0.2) is 4.79 Å². The molecule has 0 aromatic heterocycles. The van der Waals surface area contributed by atoms with Crippen molar-refractivity contribution in [1.29, 1.82) is 5.26 Å². The molecular formula is C25H31N3O2. The minimum atomic E-state index is -0.435. The summed E-state index contributed by atoms with van der Waals surface area (Å²) in [6.07, 6.45) is 4.73. The molecular weight excluding hydrogens is 374 g/mol. The Morgan fingerprint density at radius 2 is 1.87 bits per heavy atom. The molecule has 0 saturated carbocycles. The van der Waals surface area contributed by atoms with Gasteiger partial charge in [-0.05, 0) is 42.2 Å². The fraction of sp³-hybridized carbons (Fsp3) is 0.280. The molecule has 0 spiro atoms. The Kier molecular flexibility index (Phi) is 10.5. The van der Waals surface area contributed by atoms with Crippen LogP contribution in [0.4, 0.5) is 11.4 Å². The van der Waals surface area contributed by atoms with E-state index in [4.69, 9.17) is 10.5 Å². The van der Waals surface area contributed by atoms with E-state index in [1.807, 2.05) is 58.0 Å². The predicted molar refractivity (Wildman–Crippen MR) is 125 cm³/mol. The number of allylic oxidation sites excluding steroid dienone is 4. The lowest BCUT2D eigenvalue weighted by Crippen LogP contribution is -2.10. The molecule has 0 amide bonds. The molecule has 0 bridgehead atoms. The largest absolute Gasteiger partial charge is 0.465 e. The van der Waals surface area contributed by atoms with E-state index in [9.17, 15) is 10.1 Å². The number of carbonyl (C=O) groups excluding carboxylic acids is 1. The molecule has 30 heavy (non-hydrogen) atoms. The minimum Gasteiger partial charge on any atom is -0.465 e. The van der Waals surface area contributed by atoms with Crippen molar-refractivity contribution in [3.8, 4) is 6.07 Å². The number of rotatable bonds is 7. The molecule has 0 aliphatic rings. The van der Waals surface area contributed by atoms with E-state index < -0.39 is 5.97 Å². The van der Waals surface area contributed by atoms with Crippen LogP contribution in [-0.4, -0.2) is 13.1 Å². The second-order valence-electron chi connectivity index (χ2n) is 6.15. The van der Waals surface area contributed by atoms with Gasteiger partial charge in [0.05, 0.1) is 35.7 Å². The topological polar surface area (TPSA) is 88.1 Å². The summed E-state index contributed by atoms with van der Waals surface area (Å²) in [5, 5.41) is 12.6. The first kappa shape index (κ1) is 24.5. The monoisotopic (exact) mass is 405 g/mol. The lowest BCUT2D eigenvalue weighted by molar-refractivity contribution is 0.0602. The van der Waals surface area contributed by atoms with E-state index in [-0.39, 0.29) is 0 Å². The van der Waals surface area contributed by atoms with Crippen LogP contribution < -0.4 is 11.1 Å². The molecule has 158 valence electrons. The summed E-state index contributed by atoms with van der Waals surface area (Å²) in [6.45, 7) is 8.41. The maximum Gasteiger partial charge on any atom is 0.340 e. The van der Waals surface area contributed by atoms with Crippen LogP contribution in [0, 0.1) is 11.3 Å². The number of nitrogens with one attached hydrogen (secondary N) is 1. The highest BCUT2D eigenvalue weighted by Crippen LogP contribution is 2.26. The third-order valence-electron chi connectivity index (χ3n) is 4.34. The Labute approximate surface area is 179 Å². The number of para-hydroxylation sites is 1. The summed E-state index contributed by atoms with van der Waals surface area (Å²) < 4.78 is 4.82. The van der Waals surface area contributed by atoms with Crippen molar-refractivity contribution in [3.63, 3.8) is 0 Å². The number of nitrogens with zero attached hydrogens (tertiary/aromatic N) is 1. The van der Waals surface area contributed by atoms with Gasteiger partial charge in [0, 0.05) is 6.54 Å². The number of benzene rings is 2. The summed E-state index contributed by atoms with van der Waals surface area (Å²) in [6, 6.07) is 15.4. The summed E-state index contributed by atoms with van der Waals surface area (Å²) in [4.78, 5) is 11.9. The molecule has 0 saturated heterocycles. The van der Waals surface area contributed by atoms with Crippen LogP contribution in [0.15, 0.2) is 60.2 Å². The van der Waals surface area contributed by atoms with Crippen LogP contribution in [-0.2, 0) is 11.3 Å². The standard InChI is InChI=1S/C23H25N3O2.C2H6/c1-4-7-19(17(5-2)14-24)18-12-10-16(11-13-18)15-26-22-20(23(27)28-3)8-6-9-21(22)25;1-2/h5-13,26H,4,15,25H2,1-3H3;1-2H3/b17-5-,19-7+;. The quantitative estimate of drug-likeness (QED) is 0.257. The fourth-order valence-electron chi connectivity index (χ4n) is 2.91. The first-order valence-corrected chi connectivity index (χ1v) is 10.1. The van der Waals surface area contributed by atoms with E-state index in [0.717, 1.165) is 23.1 Å². The molecule has 5 nitrogen and oxygen atoms in total. The first-order valence-electron chi connectivity index (χ1n) is 10.1. The third kappa shape index (κ3) is 6.25. The van der Waals surface area contributed by atoms with Crippen LogP contribution in [0.3, 0.4) is 0 Å². The van der Waals surface area contributed by atoms with Gasteiger partial charge < -0.3 is 15.8 Å². The van der Waals surface area contributed by atoms with Crippen molar-refractivity contribution in [2.24, 2.45) is 0 Å². The number of anilines is 2. The van der Waals surface area contributed by atoms with Crippen LogP contribution in [0.5, 0.6) is 0 Å². The second kappa shape index (κ2) is 12.8.